The molecule has 0 aliphatic carbocycles. The molecule has 2 aromatic rings. The molecule has 0 fully saturated rings. The van der Waals surface area contributed by atoms with Gasteiger partial charge in [-0.15, -0.1) is 0 Å². The maximum Gasteiger partial charge on any atom is 0.298 e. The summed E-state index contributed by atoms with van der Waals surface area (Å²) in [4.78, 5) is 10.7. The van der Waals surface area contributed by atoms with E-state index < -0.39 is 4.92 Å². The second-order valence-electron chi connectivity index (χ2n) is 4.01. The molecule has 0 radical (unpaired) electrons. The summed E-state index contributed by atoms with van der Waals surface area (Å²) in [5.41, 5.74) is 1.96. The average molecular weight is 326 g/mol. The molecule has 0 amide bonds. The lowest BCUT2D eigenvalue weighted by Crippen LogP contribution is -2.04. The van der Waals surface area contributed by atoms with Crippen LogP contribution in [-0.2, 0) is 0 Å². The van der Waals surface area contributed by atoms with Gasteiger partial charge in [-0.25, -0.2) is 4.68 Å². The Bertz CT molecular complexity index is 652. The van der Waals surface area contributed by atoms with Crippen molar-refractivity contribution in [3.05, 3.63) is 44.2 Å². The number of nitro benzene ring substituents is 1. The molecule has 1 aromatic carbocycles. The molecule has 0 spiro atoms. The number of hydrogen-bond donors (Lipinski definition) is 0. The second-order valence-corrected chi connectivity index (χ2v) is 4.80. The molecule has 0 aliphatic heterocycles. The van der Waals surface area contributed by atoms with Crippen molar-refractivity contribution in [2.45, 2.75) is 13.8 Å². The summed E-state index contributed by atoms with van der Waals surface area (Å²) in [6, 6.07) is 4.69. The van der Waals surface area contributed by atoms with Gasteiger partial charge in [-0.2, -0.15) is 5.10 Å². The zero-order valence-corrected chi connectivity index (χ0v) is 12.3. The number of rotatable bonds is 3. The minimum atomic E-state index is -0.442. The Labute approximate surface area is 118 Å². The third kappa shape index (κ3) is 2.33. The zero-order valence-electron chi connectivity index (χ0n) is 10.7. The van der Waals surface area contributed by atoms with Gasteiger partial charge in [-0.05, 0) is 41.9 Å². The van der Waals surface area contributed by atoms with E-state index >= 15 is 0 Å². The van der Waals surface area contributed by atoms with Crippen molar-refractivity contribution < 1.29 is 9.66 Å². The molecule has 2 rings (SSSR count). The van der Waals surface area contributed by atoms with E-state index in [-0.39, 0.29) is 5.69 Å². The monoisotopic (exact) mass is 325 g/mol. The number of nitrogens with zero attached hydrogens (tertiary/aromatic N) is 3. The van der Waals surface area contributed by atoms with Gasteiger partial charge in [0.05, 0.1) is 34.0 Å². The van der Waals surface area contributed by atoms with Crippen LogP contribution >= 0.6 is 15.9 Å². The maximum atomic E-state index is 11.2. The van der Waals surface area contributed by atoms with Crippen molar-refractivity contribution in [2.24, 2.45) is 0 Å². The summed E-state index contributed by atoms with van der Waals surface area (Å²) in [6.45, 7) is 3.68. The topological polar surface area (TPSA) is 70.2 Å². The van der Waals surface area contributed by atoms with E-state index in [1.807, 2.05) is 13.8 Å². The van der Waals surface area contributed by atoms with Gasteiger partial charge >= 0.3 is 0 Å². The van der Waals surface area contributed by atoms with Crippen molar-refractivity contribution in [3.8, 4) is 11.4 Å². The number of nitro groups is 1. The Balaban J connectivity index is 2.67. The number of ether oxygens (including phenoxy) is 1. The molecular weight excluding hydrogens is 314 g/mol. The van der Waals surface area contributed by atoms with Crippen LogP contribution in [0.15, 0.2) is 22.7 Å². The van der Waals surface area contributed by atoms with E-state index in [4.69, 9.17) is 4.74 Å². The molecule has 0 bridgehead atoms. The van der Waals surface area contributed by atoms with Crippen LogP contribution in [0, 0.1) is 24.0 Å². The summed E-state index contributed by atoms with van der Waals surface area (Å²) in [5.74, 6) is 0.441. The van der Waals surface area contributed by atoms with Crippen molar-refractivity contribution in [1.29, 1.82) is 0 Å². The van der Waals surface area contributed by atoms with Gasteiger partial charge in [-0.1, -0.05) is 0 Å². The second kappa shape index (κ2) is 5.00. The first kappa shape index (κ1) is 13.5. The molecule has 7 heteroatoms. The number of hydrogen-bond acceptors (Lipinski definition) is 4. The standard InChI is InChI=1S/C12H12BrN3O3/c1-7-12(13)8(2)15(14-7)10-5-4-9(19-3)6-11(10)16(17)18/h4-6H,1-3H3. The van der Waals surface area contributed by atoms with Crippen LogP contribution in [0.5, 0.6) is 5.75 Å². The van der Waals surface area contributed by atoms with Crippen LogP contribution in [0.4, 0.5) is 5.69 Å². The van der Waals surface area contributed by atoms with E-state index in [2.05, 4.69) is 21.0 Å². The lowest BCUT2D eigenvalue weighted by atomic mass is 10.2. The molecule has 0 saturated carbocycles. The fourth-order valence-corrected chi connectivity index (χ4v) is 2.06. The molecule has 1 heterocycles. The maximum absolute atomic E-state index is 11.2. The highest BCUT2D eigenvalue weighted by Gasteiger charge is 2.20. The summed E-state index contributed by atoms with van der Waals surface area (Å²) in [6.07, 6.45) is 0. The van der Waals surface area contributed by atoms with Gasteiger partial charge in [0.15, 0.2) is 0 Å². The number of aryl methyl sites for hydroxylation is 1. The van der Waals surface area contributed by atoms with Gasteiger partial charge in [0.25, 0.3) is 5.69 Å². The largest absolute Gasteiger partial charge is 0.496 e. The van der Waals surface area contributed by atoms with E-state index in [0.717, 1.165) is 15.9 Å². The predicted molar refractivity (Wildman–Crippen MR) is 73.9 cm³/mol. The Morgan fingerprint density at radius 3 is 2.58 bits per heavy atom. The van der Waals surface area contributed by atoms with Crippen molar-refractivity contribution in [2.75, 3.05) is 7.11 Å². The number of aromatic nitrogens is 2. The first-order valence-electron chi connectivity index (χ1n) is 5.50. The molecule has 0 unspecified atom stereocenters. The molecule has 100 valence electrons. The van der Waals surface area contributed by atoms with E-state index in [9.17, 15) is 10.1 Å². The quantitative estimate of drug-likeness (QED) is 0.642. The Morgan fingerprint density at radius 1 is 1.42 bits per heavy atom. The van der Waals surface area contributed by atoms with Crippen molar-refractivity contribution >= 4 is 21.6 Å². The lowest BCUT2D eigenvalue weighted by Gasteiger charge is -2.07. The molecule has 0 aliphatic rings. The van der Waals surface area contributed by atoms with E-state index in [1.54, 1.807) is 16.8 Å². The van der Waals surface area contributed by atoms with Crippen LogP contribution in [0.3, 0.4) is 0 Å². The minimum absolute atomic E-state index is 0.0440. The third-order valence-corrected chi connectivity index (χ3v) is 3.96. The predicted octanol–water partition coefficient (Wildman–Crippen LogP) is 3.17. The van der Waals surface area contributed by atoms with Crippen LogP contribution in [-0.4, -0.2) is 21.8 Å². The van der Waals surface area contributed by atoms with Crippen LogP contribution in [0.1, 0.15) is 11.4 Å². The average Bonchev–Trinajstić information content (AvgIpc) is 2.65. The SMILES string of the molecule is COc1ccc(-n2nc(C)c(Br)c2C)c([N+](=O)[O-])c1. The lowest BCUT2D eigenvalue weighted by molar-refractivity contribution is -0.384. The smallest absolute Gasteiger partial charge is 0.298 e. The van der Waals surface area contributed by atoms with Crippen molar-refractivity contribution in [3.63, 3.8) is 0 Å². The Hall–Kier alpha value is -1.89. The number of benzene rings is 1. The summed E-state index contributed by atoms with van der Waals surface area (Å²) in [5, 5.41) is 15.5. The van der Waals surface area contributed by atoms with Gasteiger partial charge in [0.2, 0.25) is 0 Å². The molecule has 0 saturated heterocycles. The summed E-state index contributed by atoms with van der Waals surface area (Å²) >= 11 is 3.41. The van der Waals surface area contributed by atoms with Crippen LogP contribution < -0.4 is 4.74 Å². The third-order valence-electron chi connectivity index (χ3n) is 2.81. The molecule has 19 heavy (non-hydrogen) atoms. The normalized spacial score (nSPS) is 10.5. The first-order chi connectivity index (χ1) is 8.95. The zero-order chi connectivity index (χ0) is 14.2. The van der Waals surface area contributed by atoms with Gasteiger partial charge in [0.1, 0.15) is 11.4 Å². The molecule has 6 nitrogen and oxygen atoms in total. The Kier molecular flexibility index (Phi) is 3.57. The first-order valence-corrected chi connectivity index (χ1v) is 6.29. The number of halogens is 1. The van der Waals surface area contributed by atoms with Gasteiger partial charge < -0.3 is 4.74 Å². The van der Waals surface area contributed by atoms with Crippen LogP contribution in [0.25, 0.3) is 5.69 Å². The van der Waals surface area contributed by atoms with Gasteiger partial charge in [0, 0.05) is 0 Å². The molecule has 0 N–H and O–H groups in total. The van der Waals surface area contributed by atoms with Gasteiger partial charge in [-0.3, -0.25) is 10.1 Å². The minimum Gasteiger partial charge on any atom is -0.496 e. The molecular formula is C12H12BrN3O3. The fraction of sp³-hybridized carbons (Fsp3) is 0.250. The highest BCUT2D eigenvalue weighted by Crippen LogP contribution is 2.30. The summed E-state index contributed by atoms with van der Waals surface area (Å²) < 4.78 is 7.41. The molecule has 1 aromatic heterocycles. The fourth-order valence-electron chi connectivity index (χ4n) is 1.81. The highest BCUT2D eigenvalue weighted by molar-refractivity contribution is 9.10. The highest BCUT2D eigenvalue weighted by atomic mass is 79.9. The van der Waals surface area contributed by atoms with Crippen molar-refractivity contribution in [1.82, 2.24) is 9.78 Å². The van der Waals surface area contributed by atoms with Crippen LogP contribution in [0.2, 0.25) is 0 Å². The Morgan fingerprint density at radius 2 is 2.11 bits per heavy atom. The van der Waals surface area contributed by atoms with E-state index in [1.165, 1.54) is 13.2 Å². The molecule has 0 atom stereocenters. The summed E-state index contributed by atoms with van der Waals surface area (Å²) in [7, 11) is 1.47. The van der Waals surface area contributed by atoms with E-state index in [0.29, 0.717) is 11.4 Å². The number of methoxy groups -OCH3 is 1.